The summed E-state index contributed by atoms with van der Waals surface area (Å²) in [6.45, 7) is 2.64. The Kier molecular flexibility index (Phi) is 5.77. The Hall–Kier alpha value is -2.19. The van der Waals surface area contributed by atoms with Gasteiger partial charge in [0.15, 0.2) is 0 Å². The lowest BCUT2D eigenvalue weighted by atomic mass is 9.97. The summed E-state index contributed by atoms with van der Waals surface area (Å²) in [4.78, 5) is 28.4. The number of nitrogens with one attached hydrogen (secondary N) is 1. The van der Waals surface area contributed by atoms with E-state index in [9.17, 15) is 9.59 Å². The van der Waals surface area contributed by atoms with Gasteiger partial charge >= 0.3 is 0 Å². The fraction of sp³-hybridized carbons (Fsp3) is 0.474. The van der Waals surface area contributed by atoms with Gasteiger partial charge in [0.1, 0.15) is 0 Å². The number of benzene rings is 1. The molecule has 1 N–H and O–H groups in total. The molecule has 0 saturated carbocycles. The van der Waals surface area contributed by atoms with Gasteiger partial charge in [-0.15, -0.1) is 10.2 Å². The fourth-order valence-corrected chi connectivity index (χ4v) is 4.78. The van der Waals surface area contributed by atoms with Crippen LogP contribution in [0.3, 0.4) is 0 Å². The van der Waals surface area contributed by atoms with E-state index in [2.05, 4.69) is 20.4 Å². The molecule has 1 aromatic heterocycles. The number of carbonyl (C=O) groups excluding carboxylic acids is 2. The van der Waals surface area contributed by atoms with Crippen LogP contribution in [0.15, 0.2) is 24.3 Å². The molecule has 0 bridgehead atoms. The molecule has 2 aliphatic heterocycles. The van der Waals surface area contributed by atoms with E-state index in [1.807, 2.05) is 24.3 Å². The first-order chi connectivity index (χ1) is 13.6. The Morgan fingerprint density at radius 1 is 1.25 bits per heavy atom. The molecule has 9 heteroatoms. The minimum Gasteiger partial charge on any atom is -0.352 e. The van der Waals surface area contributed by atoms with Crippen LogP contribution in [0, 0.1) is 5.92 Å². The van der Waals surface area contributed by atoms with Crippen molar-refractivity contribution in [1.82, 2.24) is 15.5 Å². The summed E-state index contributed by atoms with van der Waals surface area (Å²) in [6, 6.07) is 7.50. The van der Waals surface area contributed by atoms with Crippen LogP contribution in [0.4, 0.5) is 10.3 Å². The van der Waals surface area contributed by atoms with E-state index in [1.54, 1.807) is 4.90 Å². The van der Waals surface area contributed by atoms with Crippen molar-refractivity contribution in [3.05, 3.63) is 34.9 Å². The van der Waals surface area contributed by atoms with E-state index >= 15 is 0 Å². The lowest BCUT2D eigenvalue weighted by molar-refractivity contribution is -0.125. The van der Waals surface area contributed by atoms with Gasteiger partial charge in [-0.05, 0) is 37.0 Å². The molecule has 148 valence electrons. The molecular formula is C19H22ClN5O2S. The van der Waals surface area contributed by atoms with Crippen LogP contribution >= 0.6 is 22.9 Å². The number of rotatable bonds is 5. The van der Waals surface area contributed by atoms with Crippen LogP contribution in [0.5, 0.6) is 0 Å². The quantitative estimate of drug-likeness (QED) is 0.806. The molecule has 2 aliphatic rings. The Bertz CT molecular complexity index is 874. The second-order valence-electron chi connectivity index (χ2n) is 7.15. The number of piperidine rings is 1. The van der Waals surface area contributed by atoms with Crippen LogP contribution in [0.2, 0.25) is 5.02 Å². The summed E-state index contributed by atoms with van der Waals surface area (Å²) >= 11 is 7.43. The number of aromatic nitrogens is 2. The highest BCUT2D eigenvalue weighted by Crippen LogP contribution is 2.32. The van der Waals surface area contributed by atoms with Crippen molar-refractivity contribution in [3.63, 3.8) is 0 Å². The number of halogens is 1. The Morgan fingerprint density at radius 3 is 2.89 bits per heavy atom. The normalized spacial score (nSPS) is 19.9. The molecule has 28 heavy (non-hydrogen) atoms. The van der Waals surface area contributed by atoms with Crippen LogP contribution in [0.25, 0.3) is 0 Å². The van der Waals surface area contributed by atoms with Gasteiger partial charge in [0.05, 0.1) is 5.92 Å². The number of hydrogen-bond donors (Lipinski definition) is 1. The Balaban J connectivity index is 1.35. The predicted molar refractivity (Wildman–Crippen MR) is 110 cm³/mol. The largest absolute Gasteiger partial charge is 0.352 e. The third kappa shape index (κ3) is 4.28. The molecule has 0 unspecified atom stereocenters. The second kappa shape index (κ2) is 8.45. The monoisotopic (exact) mass is 419 g/mol. The van der Waals surface area contributed by atoms with E-state index in [0.29, 0.717) is 36.2 Å². The second-order valence-corrected chi connectivity index (χ2v) is 8.52. The van der Waals surface area contributed by atoms with Crippen molar-refractivity contribution in [3.8, 4) is 0 Å². The zero-order valence-electron chi connectivity index (χ0n) is 15.4. The van der Waals surface area contributed by atoms with Crippen LogP contribution in [0.1, 0.15) is 31.2 Å². The van der Waals surface area contributed by atoms with E-state index in [0.717, 1.165) is 36.5 Å². The molecule has 0 spiro atoms. The fourth-order valence-electron chi connectivity index (χ4n) is 3.64. The molecule has 3 heterocycles. The van der Waals surface area contributed by atoms with Crippen molar-refractivity contribution in [2.45, 2.75) is 32.2 Å². The Morgan fingerprint density at radius 2 is 2.11 bits per heavy atom. The molecule has 1 aromatic carbocycles. The van der Waals surface area contributed by atoms with E-state index < -0.39 is 0 Å². The third-order valence-corrected chi connectivity index (χ3v) is 6.37. The van der Waals surface area contributed by atoms with Gasteiger partial charge in [-0.3, -0.25) is 14.5 Å². The number of anilines is 2. The highest BCUT2D eigenvalue weighted by molar-refractivity contribution is 7.19. The highest BCUT2D eigenvalue weighted by Gasteiger charge is 2.29. The maximum absolute atomic E-state index is 12.6. The van der Waals surface area contributed by atoms with Gasteiger partial charge in [-0.2, -0.15) is 0 Å². The molecule has 0 aliphatic carbocycles. The summed E-state index contributed by atoms with van der Waals surface area (Å²) in [6.07, 6.45) is 3.22. The van der Waals surface area contributed by atoms with E-state index in [-0.39, 0.29) is 17.7 Å². The van der Waals surface area contributed by atoms with Gasteiger partial charge in [-0.1, -0.05) is 35.1 Å². The molecule has 7 nitrogen and oxygen atoms in total. The maximum atomic E-state index is 12.6. The van der Waals surface area contributed by atoms with Gasteiger partial charge in [0.2, 0.25) is 22.1 Å². The zero-order chi connectivity index (χ0) is 19.5. The maximum Gasteiger partial charge on any atom is 0.228 e. The van der Waals surface area contributed by atoms with Gasteiger partial charge in [-0.25, -0.2) is 0 Å². The predicted octanol–water partition coefficient (Wildman–Crippen LogP) is 2.85. The summed E-state index contributed by atoms with van der Waals surface area (Å²) in [7, 11) is 0. The highest BCUT2D eigenvalue weighted by atomic mass is 35.5. The summed E-state index contributed by atoms with van der Waals surface area (Å²) < 4.78 is 0. The molecule has 2 aromatic rings. The topological polar surface area (TPSA) is 78.4 Å². The first-order valence-corrected chi connectivity index (χ1v) is 10.7. The average molecular weight is 420 g/mol. The van der Waals surface area contributed by atoms with Crippen LogP contribution < -0.4 is 15.1 Å². The number of hydrogen-bond acceptors (Lipinski definition) is 6. The number of carbonyl (C=O) groups is 2. The Labute approximate surface area is 172 Å². The molecule has 2 amide bonds. The van der Waals surface area contributed by atoms with Crippen molar-refractivity contribution < 1.29 is 9.59 Å². The molecule has 2 saturated heterocycles. The number of nitrogens with zero attached hydrogens (tertiary/aromatic N) is 4. The van der Waals surface area contributed by atoms with Crippen molar-refractivity contribution in [2.75, 3.05) is 29.4 Å². The average Bonchev–Trinajstić information content (AvgIpc) is 3.35. The molecule has 2 fully saturated rings. The van der Waals surface area contributed by atoms with Crippen molar-refractivity contribution in [2.24, 2.45) is 5.92 Å². The third-order valence-electron chi connectivity index (χ3n) is 5.13. The molecule has 1 atom stereocenters. The first kappa shape index (κ1) is 19.1. The lowest BCUT2D eigenvalue weighted by Gasteiger charge is -2.31. The summed E-state index contributed by atoms with van der Waals surface area (Å²) in [5.74, 6) is 0.0671. The van der Waals surface area contributed by atoms with E-state index in [1.165, 1.54) is 11.3 Å². The molecular weight excluding hydrogens is 398 g/mol. The van der Waals surface area contributed by atoms with Gasteiger partial charge in [0.25, 0.3) is 0 Å². The van der Waals surface area contributed by atoms with E-state index in [4.69, 9.17) is 11.6 Å². The summed E-state index contributed by atoms with van der Waals surface area (Å²) in [5.41, 5.74) is 0.984. The van der Waals surface area contributed by atoms with Crippen molar-refractivity contribution >= 4 is 45.0 Å². The molecule has 4 rings (SSSR count). The SMILES string of the molecule is O=C(NCc1cccc(Cl)c1)[C@@H]1CCCN(c2nnc(N3CCCC3=O)s2)C1. The van der Waals surface area contributed by atoms with Gasteiger partial charge < -0.3 is 10.2 Å². The van der Waals surface area contributed by atoms with Crippen LogP contribution in [-0.4, -0.2) is 41.6 Å². The summed E-state index contributed by atoms with van der Waals surface area (Å²) in [5, 5.41) is 13.6. The van der Waals surface area contributed by atoms with Gasteiger partial charge in [0, 0.05) is 37.6 Å². The smallest absolute Gasteiger partial charge is 0.228 e. The molecule has 0 radical (unpaired) electrons. The zero-order valence-corrected chi connectivity index (χ0v) is 17.0. The van der Waals surface area contributed by atoms with Crippen LogP contribution in [-0.2, 0) is 16.1 Å². The number of amides is 2. The lowest BCUT2D eigenvalue weighted by Crippen LogP contribution is -2.43. The van der Waals surface area contributed by atoms with Crippen molar-refractivity contribution in [1.29, 1.82) is 0 Å². The minimum absolute atomic E-state index is 0.0455. The standard InChI is InChI=1S/C19H22ClN5O2S/c20-15-6-1-4-13(10-15)11-21-17(27)14-5-2-8-24(12-14)18-22-23-19(28-18)25-9-3-7-16(25)26/h1,4,6,10,14H,2-3,5,7-9,11-12H2,(H,21,27)/t14-/m1/s1. The minimum atomic E-state index is -0.0892. The first-order valence-electron chi connectivity index (χ1n) is 9.51.